The molecule has 0 radical (unpaired) electrons. The summed E-state index contributed by atoms with van der Waals surface area (Å²) in [5.74, 6) is 0.897. The summed E-state index contributed by atoms with van der Waals surface area (Å²) in [5, 5.41) is 8.63. The maximum atomic E-state index is 6.68. The lowest BCUT2D eigenvalue weighted by atomic mass is 9.85. The Morgan fingerprint density at radius 2 is 0.976 bits per heavy atom. The van der Waals surface area contributed by atoms with Gasteiger partial charge in [0.15, 0.2) is 0 Å². The predicted octanol–water partition coefficient (Wildman–Crippen LogP) is 12.1. The molecule has 9 aromatic rings. The second-order valence-corrected chi connectivity index (χ2v) is 11.9. The van der Waals surface area contributed by atoms with Gasteiger partial charge in [0.2, 0.25) is 0 Å². The zero-order valence-corrected chi connectivity index (χ0v) is 23.5. The van der Waals surface area contributed by atoms with Crippen LogP contribution in [0.3, 0.4) is 0 Å². The normalized spacial score (nSPS) is 11.8. The lowest BCUT2D eigenvalue weighted by Crippen LogP contribution is -1.91. The molecule has 0 spiro atoms. The van der Waals surface area contributed by atoms with Gasteiger partial charge in [-0.3, -0.25) is 0 Å². The van der Waals surface area contributed by atoms with E-state index >= 15 is 0 Å². The summed E-state index contributed by atoms with van der Waals surface area (Å²) in [7, 11) is 0. The molecule has 0 saturated heterocycles. The summed E-state index contributed by atoms with van der Waals surface area (Å²) < 4.78 is 9.22. The van der Waals surface area contributed by atoms with Crippen molar-refractivity contribution >= 4 is 64.0 Å². The topological polar surface area (TPSA) is 13.1 Å². The molecule has 42 heavy (non-hydrogen) atoms. The first kappa shape index (κ1) is 23.5. The average molecular weight is 553 g/mol. The van der Waals surface area contributed by atoms with E-state index in [-0.39, 0.29) is 0 Å². The van der Waals surface area contributed by atoms with E-state index in [0.29, 0.717) is 0 Å². The second kappa shape index (κ2) is 9.17. The van der Waals surface area contributed by atoms with Gasteiger partial charge in [-0.2, -0.15) is 0 Å². The van der Waals surface area contributed by atoms with Crippen LogP contribution >= 0.6 is 11.3 Å². The Bertz CT molecular complexity index is 2390. The van der Waals surface area contributed by atoms with Crippen LogP contribution in [0.25, 0.3) is 86.3 Å². The van der Waals surface area contributed by atoms with Crippen molar-refractivity contribution in [3.63, 3.8) is 0 Å². The van der Waals surface area contributed by atoms with Crippen LogP contribution in [-0.4, -0.2) is 0 Å². The maximum absolute atomic E-state index is 6.68. The van der Waals surface area contributed by atoms with Crippen molar-refractivity contribution in [3.8, 4) is 33.6 Å². The SMILES string of the molecule is c1ccc(-c2cc3cc(-c4c5ccccc5c(-c5ccccc5)c5ccccc45)c4sc5ccccc5c4c3o2)cc1. The first-order valence-electron chi connectivity index (χ1n) is 14.3. The van der Waals surface area contributed by atoms with E-state index in [1.165, 1.54) is 64.0 Å². The van der Waals surface area contributed by atoms with E-state index in [1.54, 1.807) is 0 Å². The summed E-state index contributed by atoms with van der Waals surface area (Å²) in [6.45, 7) is 0. The predicted molar refractivity (Wildman–Crippen MR) is 180 cm³/mol. The minimum absolute atomic E-state index is 0.897. The fourth-order valence-corrected chi connectivity index (χ4v) is 7.88. The van der Waals surface area contributed by atoms with Gasteiger partial charge >= 0.3 is 0 Å². The van der Waals surface area contributed by atoms with E-state index in [0.717, 1.165) is 22.3 Å². The highest BCUT2D eigenvalue weighted by Crippen LogP contribution is 2.50. The number of thiophene rings is 1. The summed E-state index contributed by atoms with van der Waals surface area (Å²) in [5.41, 5.74) is 7.11. The molecular formula is C40H24OS. The average Bonchev–Trinajstić information content (AvgIpc) is 3.66. The second-order valence-electron chi connectivity index (χ2n) is 10.8. The van der Waals surface area contributed by atoms with Crippen LogP contribution in [0.15, 0.2) is 150 Å². The Labute approximate surface area is 246 Å². The molecule has 0 N–H and O–H groups in total. The zero-order chi connectivity index (χ0) is 27.6. The van der Waals surface area contributed by atoms with Gasteiger partial charge in [0.25, 0.3) is 0 Å². The summed E-state index contributed by atoms with van der Waals surface area (Å²) in [6, 6.07) is 52.3. The fourth-order valence-electron chi connectivity index (χ4n) is 6.65. The lowest BCUT2D eigenvalue weighted by Gasteiger charge is -2.18. The van der Waals surface area contributed by atoms with Gasteiger partial charge in [-0.1, -0.05) is 127 Å². The van der Waals surface area contributed by atoms with Crippen LogP contribution in [0.4, 0.5) is 0 Å². The quantitative estimate of drug-likeness (QED) is 0.199. The summed E-state index contributed by atoms with van der Waals surface area (Å²) in [6.07, 6.45) is 0. The van der Waals surface area contributed by atoms with Gasteiger partial charge in [0.05, 0.1) is 0 Å². The van der Waals surface area contributed by atoms with E-state index < -0.39 is 0 Å². The van der Waals surface area contributed by atoms with Crippen molar-refractivity contribution in [2.45, 2.75) is 0 Å². The number of rotatable bonds is 3. The Balaban J connectivity index is 1.47. The minimum Gasteiger partial charge on any atom is -0.455 e. The molecule has 0 aliphatic heterocycles. The molecule has 2 aromatic heterocycles. The maximum Gasteiger partial charge on any atom is 0.144 e. The Morgan fingerprint density at radius 3 is 1.62 bits per heavy atom. The molecule has 2 heterocycles. The van der Waals surface area contributed by atoms with E-state index in [2.05, 4.69) is 140 Å². The third kappa shape index (κ3) is 3.43. The Morgan fingerprint density at radius 1 is 0.452 bits per heavy atom. The number of benzene rings is 7. The standard InChI is InChI=1S/C40H24OS/c1-3-13-25(14-4-1)34-24-27-23-33(40-38(39(27)41-34)32-21-11-12-22-35(32)42-40)37-30-19-9-7-17-28(30)36(26-15-5-2-6-16-26)29-18-8-10-20-31(29)37/h1-24H. The molecule has 0 saturated carbocycles. The van der Waals surface area contributed by atoms with Crippen LogP contribution < -0.4 is 0 Å². The molecule has 0 amide bonds. The Hall–Kier alpha value is -5.18. The molecule has 0 atom stereocenters. The van der Waals surface area contributed by atoms with Gasteiger partial charge in [-0.05, 0) is 56.4 Å². The summed E-state index contributed by atoms with van der Waals surface area (Å²) in [4.78, 5) is 0. The van der Waals surface area contributed by atoms with E-state index in [4.69, 9.17) is 4.42 Å². The van der Waals surface area contributed by atoms with Crippen LogP contribution in [0.1, 0.15) is 0 Å². The first-order valence-corrected chi connectivity index (χ1v) is 15.1. The van der Waals surface area contributed by atoms with Crippen molar-refractivity contribution in [2.75, 3.05) is 0 Å². The highest BCUT2D eigenvalue weighted by molar-refractivity contribution is 7.26. The van der Waals surface area contributed by atoms with Gasteiger partial charge < -0.3 is 4.42 Å². The van der Waals surface area contributed by atoms with Crippen molar-refractivity contribution < 1.29 is 4.42 Å². The van der Waals surface area contributed by atoms with Gasteiger partial charge in [-0.15, -0.1) is 11.3 Å². The molecule has 196 valence electrons. The molecule has 2 heteroatoms. The van der Waals surface area contributed by atoms with Crippen LogP contribution in [0.5, 0.6) is 0 Å². The molecule has 0 unspecified atom stereocenters. The van der Waals surface area contributed by atoms with Crippen molar-refractivity contribution in [3.05, 3.63) is 146 Å². The van der Waals surface area contributed by atoms with Crippen LogP contribution in [0, 0.1) is 0 Å². The van der Waals surface area contributed by atoms with Crippen LogP contribution in [-0.2, 0) is 0 Å². The zero-order valence-electron chi connectivity index (χ0n) is 22.7. The van der Waals surface area contributed by atoms with E-state index in [1.807, 2.05) is 17.4 Å². The van der Waals surface area contributed by atoms with Crippen molar-refractivity contribution in [1.82, 2.24) is 0 Å². The molecule has 7 aromatic carbocycles. The molecule has 9 rings (SSSR count). The summed E-state index contributed by atoms with van der Waals surface area (Å²) >= 11 is 1.86. The van der Waals surface area contributed by atoms with Crippen molar-refractivity contribution in [2.24, 2.45) is 0 Å². The highest BCUT2D eigenvalue weighted by Gasteiger charge is 2.22. The molecule has 0 bridgehead atoms. The fraction of sp³-hybridized carbons (Fsp3) is 0. The Kier molecular flexibility index (Phi) is 5.13. The number of fused-ring (bicyclic) bond motifs is 7. The molecule has 0 aliphatic rings. The van der Waals surface area contributed by atoms with Gasteiger partial charge in [0, 0.05) is 36.7 Å². The lowest BCUT2D eigenvalue weighted by molar-refractivity contribution is 0.635. The third-order valence-electron chi connectivity index (χ3n) is 8.45. The van der Waals surface area contributed by atoms with Crippen molar-refractivity contribution in [1.29, 1.82) is 0 Å². The number of hydrogen-bond donors (Lipinski definition) is 0. The van der Waals surface area contributed by atoms with E-state index in [9.17, 15) is 0 Å². The monoisotopic (exact) mass is 552 g/mol. The minimum atomic E-state index is 0.897. The van der Waals surface area contributed by atoms with Crippen LogP contribution in [0.2, 0.25) is 0 Å². The van der Waals surface area contributed by atoms with Gasteiger partial charge in [0.1, 0.15) is 11.3 Å². The third-order valence-corrected chi connectivity index (χ3v) is 9.65. The number of furan rings is 1. The molecule has 0 aliphatic carbocycles. The largest absolute Gasteiger partial charge is 0.455 e. The number of hydrogen-bond acceptors (Lipinski definition) is 2. The molecule has 0 fully saturated rings. The highest BCUT2D eigenvalue weighted by atomic mass is 32.1. The molecule has 1 nitrogen and oxygen atoms in total. The van der Waals surface area contributed by atoms with Gasteiger partial charge in [-0.25, -0.2) is 0 Å². The first-order chi connectivity index (χ1) is 20.8. The smallest absolute Gasteiger partial charge is 0.144 e. The molecular weight excluding hydrogens is 529 g/mol.